The number of nitrogens with two attached hydrogens (primary N) is 1. The summed E-state index contributed by atoms with van der Waals surface area (Å²) >= 11 is 7.99. The van der Waals surface area contributed by atoms with Crippen LogP contribution in [0.4, 0.5) is 10.1 Å². The van der Waals surface area contributed by atoms with Crippen molar-refractivity contribution in [3.8, 4) is 0 Å². The van der Waals surface area contributed by atoms with Gasteiger partial charge in [0.1, 0.15) is 4.99 Å². The summed E-state index contributed by atoms with van der Waals surface area (Å²) in [5, 5.41) is 10.5. The minimum absolute atomic E-state index is 0.153. The molecule has 2 rings (SSSR count). The second-order valence-corrected chi connectivity index (χ2v) is 4.98. The van der Waals surface area contributed by atoms with Gasteiger partial charge in [-0.05, 0) is 28.1 Å². The zero-order valence-corrected chi connectivity index (χ0v) is 12.2. The Labute approximate surface area is 123 Å². The smallest absolute Gasteiger partial charge is 0.161 e. The van der Waals surface area contributed by atoms with Gasteiger partial charge in [0.2, 0.25) is 0 Å². The van der Waals surface area contributed by atoms with Gasteiger partial charge in [0.15, 0.2) is 5.82 Å². The molecule has 8 heteroatoms. The topological polar surface area (TPSA) is 68.8 Å². The van der Waals surface area contributed by atoms with Gasteiger partial charge < -0.3 is 11.1 Å². The highest BCUT2D eigenvalue weighted by molar-refractivity contribution is 9.10. The predicted octanol–water partition coefficient (Wildman–Crippen LogP) is 1.93. The van der Waals surface area contributed by atoms with Crippen molar-refractivity contribution < 1.29 is 4.39 Å². The summed E-state index contributed by atoms with van der Waals surface area (Å²) in [5.74, 6) is -0.413. The van der Waals surface area contributed by atoms with Gasteiger partial charge in [-0.3, -0.25) is 4.68 Å². The molecular weight excluding hydrogens is 333 g/mol. The second-order valence-electron chi connectivity index (χ2n) is 3.75. The number of anilines is 1. The van der Waals surface area contributed by atoms with Crippen LogP contribution in [-0.4, -0.2) is 26.5 Å². The monoisotopic (exact) mass is 343 g/mol. The molecule has 0 aliphatic heterocycles. The number of aromatic nitrogens is 3. The van der Waals surface area contributed by atoms with Crippen molar-refractivity contribution in [1.82, 2.24) is 15.0 Å². The van der Waals surface area contributed by atoms with Gasteiger partial charge in [-0.1, -0.05) is 17.4 Å². The van der Waals surface area contributed by atoms with Crippen LogP contribution in [0.3, 0.4) is 0 Å². The third-order valence-electron chi connectivity index (χ3n) is 2.48. The lowest BCUT2D eigenvalue weighted by Gasteiger charge is -2.11. The first kappa shape index (κ1) is 13.9. The average Bonchev–Trinajstić information content (AvgIpc) is 2.87. The van der Waals surface area contributed by atoms with E-state index in [1.54, 1.807) is 29.2 Å². The van der Waals surface area contributed by atoms with Gasteiger partial charge in [0.25, 0.3) is 0 Å². The molecule has 1 aromatic heterocycles. The van der Waals surface area contributed by atoms with Crippen molar-refractivity contribution in [2.75, 3.05) is 11.9 Å². The summed E-state index contributed by atoms with van der Waals surface area (Å²) in [5.41, 5.74) is 6.36. The zero-order chi connectivity index (χ0) is 13.8. The second kappa shape index (κ2) is 6.07. The molecule has 1 aromatic carbocycles. The summed E-state index contributed by atoms with van der Waals surface area (Å²) in [6.07, 6.45) is 3.33. The lowest BCUT2D eigenvalue weighted by molar-refractivity contribution is 0.599. The number of nitrogens with one attached hydrogen (secondary N) is 1. The van der Waals surface area contributed by atoms with Crippen LogP contribution in [0.25, 0.3) is 0 Å². The highest BCUT2D eigenvalue weighted by Gasteiger charge is 2.12. The van der Waals surface area contributed by atoms with E-state index in [-0.39, 0.29) is 9.46 Å². The maximum Gasteiger partial charge on any atom is 0.161 e. The number of thiocarbonyl (C=S) groups is 1. The van der Waals surface area contributed by atoms with Crippen LogP contribution in [0.15, 0.2) is 29.0 Å². The normalized spacial score (nSPS) is 10.4. The Morgan fingerprint density at radius 1 is 1.53 bits per heavy atom. The summed E-state index contributed by atoms with van der Waals surface area (Å²) < 4.78 is 16.0. The van der Waals surface area contributed by atoms with Gasteiger partial charge >= 0.3 is 0 Å². The van der Waals surface area contributed by atoms with E-state index < -0.39 is 5.82 Å². The molecule has 0 saturated heterocycles. The minimum Gasteiger partial charge on any atom is -0.389 e. The zero-order valence-electron chi connectivity index (χ0n) is 9.81. The molecule has 5 nitrogen and oxygen atoms in total. The molecule has 0 fully saturated rings. The molecule has 3 N–H and O–H groups in total. The van der Waals surface area contributed by atoms with Crippen molar-refractivity contribution in [2.24, 2.45) is 5.73 Å². The Hall–Kier alpha value is -1.54. The first-order valence-corrected chi connectivity index (χ1v) is 6.65. The minimum atomic E-state index is -0.413. The summed E-state index contributed by atoms with van der Waals surface area (Å²) in [6.45, 7) is 1.12. The van der Waals surface area contributed by atoms with E-state index in [9.17, 15) is 4.39 Å². The molecule has 100 valence electrons. The van der Waals surface area contributed by atoms with E-state index in [4.69, 9.17) is 18.0 Å². The van der Waals surface area contributed by atoms with Gasteiger partial charge in [-0.15, -0.1) is 5.10 Å². The molecule has 0 saturated carbocycles. The molecule has 0 unspecified atom stereocenters. The third-order valence-corrected chi connectivity index (χ3v) is 3.47. The third kappa shape index (κ3) is 3.27. The SMILES string of the molecule is NC(=S)c1ccc(NCCn2ccnn2)c(F)c1Br. The molecule has 0 amide bonds. The van der Waals surface area contributed by atoms with E-state index in [0.717, 1.165) is 0 Å². The number of rotatable bonds is 5. The Kier molecular flexibility index (Phi) is 4.43. The van der Waals surface area contributed by atoms with Gasteiger partial charge in [0.05, 0.1) is 22.9 Å². The van der Waals surface area contributed by atoms with Crippen LogP contribution in [0.2, 0.25) is 0 Å². The maximum absolute atomic E-state index is 14.0. The van der Waals surface area contributed by atoms with Crippen LogP contribution < -0.4 is 11.1 Å². The van der Waals surface area contributed by atoms with Crippen molar-refractivity contribution in [1.29, 1.82) is 0 Å². The summed E-state index contributed by atoms with van der Waals surface area (Å²) in [4.78, 5) is 0.153. The molecule has 0 aliphatic carbocycles. The molecule has 0 atom stereocenters. The average molecular weight is 344 g/mol. The largest absolute Gasteiger partial charge is 0.389 e. The van der Waals surface area contributed by atoms with E-state index in [2.05, 4.69) is 31.6 Å². The molecule has 2 aromatic rings. The quantitative estimate of drug-likeness (QED) is 0.812. The molecule has 0 radical (unpaired) electrons. The fraction of sp³-hybridized carbons (Fsp3) is 0.182. The Morgan fingerprint density at radius 3 is 2.95 bits per heavy atom. The number of hydrogen-bond acceptors (Lipinski definition) is 4. The van der Waals surface area contributed by atoms with Crippen molar-refractivity contribution in [2.45, 2.75) is 6.54 Å². The first-order valence-electron chi connectivity index (χ1n) is 5.45. The lowest BCUT2D eigenvalue weighted by atomic mass is 10.2. The van der Waals surface area contributed by atoms with Crippen molar-refractivity contribution in [3.05, 3.63) is 40.4 Å². The van der Waals surface area contributed by atoms with Gasteiger partial charge in [0, 0.05) is 18.3 Å². The molecule has 19 heavy (non-hydrogen) atoms. The van der Waals surface area contributed by atoms with Crippen molar-refractivity contribution in [3.63, 3.8) is 0 Å². The summed E-state index contributed by atoms with van der Waals surface area (Å²) in [7, 11) is 0. The first-order chi connectivity index (χ1) is 9.09. The maximum atomic E-state index is 14.0. The number of nitrogens with zero attached hydrogens (tertiary/aromatic N) is 3. The van der Waals surface area contributed by atoms with Crippen LogP contribution in [-0.2, 0) is 6.54 Å². The van der Waals surface area contributed by atoms with Crippen molar-refractivity contribution >= 4 is 38.8 Å². The van der Waals surface area contributed by atoms with Crippen LogP contribution >= 0.6 is 28.1 Å². The fourth-order valence-corrected chi connectivity index (χ4v) is 2.39. The highest BCUT2D eigenvalue weighted by Crippen LogP contribution is 2.26. The highest BCUT2D eigenvalue weighted by atomic mass is 79.9. The van der Waals surface area contributed by atoms with E-state index in [0.29, 0.717) is 24.3 Å². The number of benzene rings is 1. The standard InChI is InChI=1S/C11H11BrFN5S/c12-9-7(11(14)19)1-2-8(10(9)13)15-3-5-18-6-4-16-17-18/h1-2,4,6,15H,3,5H2,(H2,14,19). The van der Waals surface area contributed by atoms with Crippen LogP contribution in [0.5, 0.6) is 0 Å². The molecule has 0 spiro atoms. The Bertz CT molecular complexity index is 587. The van der Waals surface area contributed by atoms with Crippen LogP contribution in [0, 0.1) is 5.82 Å². The summed E-state index contributed by atoms with van der Waals surface area (Å²) in [6, 6.07) is 3.28. The molecule has 0 bridgehead atoms. The van der Waals surface area contributed by atoms with E-state index in [1.165, 1.54) is 0 Å². The lowest BCUT2D eigenvalue weighted by Crippen LogP contribution is -2.14. The Morgan fingerprint density at radius 2 is 2.32 bits per heavy atom. The van der Waals surface area contributed by atoms with E-state index >= 15 is 0 Å². The number of hydrogen-bond donors (Lipinski definition) is 2. The molecule has 1 heterocycles. The molecule has 0 aliphatic rings. The fourth-order valence-electron chi connectivity index (χ4n) is 1.53. The van der Waals surface area contributed by atoms with Gasteiger partial charge in [-0.2, -0.15) is 0 Å². The molecular formula is C11H11BrFN5S. The number of halogens is 2. The van der Waals surface area contributed by atoms with E-state index in [1.807, 2.05) is 0 Å². The van der Waals surface area contributed by atoms with Crippen LogP contribution in [0.1, 0.15) is 5.56 Å². The Balaban J connectivity index is 2.05. The predicted molar refractivity (Wildman–Crippen MR) is 78.5 cm³/mol. The van der Waals surface area contributed by atoms with Gasteiger partial charge in [-0.25, -0.2) is 4.39 Å².